The van der Waals surface area contributed by atoms with Gasteiger partial charge in [-0.1, -0.05) is 31.2 Å². The number of benzene rings is 2. The number of sulfonamides is 1. The molecular weight excluding hydrogens is 414 g/mol. The fourth-order valence-electron chi connectivity index (χ4n) is 3.08. The molecule has 2 amide bonds. The molecule has 0 aromatic heterocycles. The molecule has 0 bridgehead atoms. The van der Waals surface area contributed by atoms with E-state index in [1.54, 1.807) is 24.3 Å². The number of rotatable bonds is 11. The maximum absolute atomic E-state index is 12.2. The Kier molecular flexibility index (Phi) is 7.81. The maximum atomic E-state index is 12.2. The molecule has 0 unspecified atom stereocenters. The summed E-state index contributed by atoms with van der Waals surface area (Å²) in [6.45, 7) is 2.33. The fraction of sp³-hybridized carbons (Fsp3) is 0.391. The second-order valence-electron chi connectivity index (χ2n) is 7.81. The van der Waals surface area contributed by atoms with E-state index in [1.165, 1.54) is 0 Å². The summed E-state index contributed by atoms with van der Waals surface area (Å²) in [4.78, 5) is 24.2. The molecule has 0 heterocycles. The van der Waals surface area contributed by atoms with Crippen molar-refractivity contribution in [2.45, 2.75) is 62.9 Å². The van der Waals surface area contributed by atoms with E-state index in [0.29, 0.717) is 25.8 Å². The molecule has 0 radical (unpaired) electrons. The summed E-state index contributed by atoms with van der Waals surface area (Å²) in [5, 5.41) is 5.73. The summed E-state index contributed by atoms with van der Waals surface area (Å²) < 4.78 is 27.0. The predicted octanol–water partition coefficient (Wildman–Crippen LogP) is 3.11. The maximum Gasteiger partial charge on any atom is 0.240 e. The average Bonchev–Trinajstić information content (AvgIpc) is 3.55. The molecule has 1 aliphatic carbocycles. The molecule has 0 spiro atoms. The van der Waals surface area contributed by atoms with Crippen molar-refractivity contribution in [2.75, 3.05) is 5.32 Å². The van der Waals surface area contributed by atoms with E-state index in [1.807, 2.05) is 31.2 Å². The van der Waals surface area contributed by atoms with Crippen LogP contribution in [0, 0.1) is 0 Å². The van der Waals surface area contributed by atoms with Crippen LogP contribution in [0.15, 0.2) is 53.4 Å². The number of hydrogen-bond donors (Lipinski definition) is 3. The van der Waals surface area contributed by atoms with Crippen molar-refractivity contribution in [3.05, 3.63) is 59.7 Å². The van der Waals surface area contributed by atoms with Crippen molar-refractivity contribution in [1.82, 2.24) is 10.0 Å². The third kappa shape index (κ3) is 7.48. The van der Waals surface area contributed by atoms with E-state index in [-0.39, 0.29) is 22.8 Å². The van der Waals surface area contributed by atoms with Crippen LogP contribution in [0.4, 0.5) is 5.69 Å². The van der Waals surface area contributed by atoms with Crippen molar-refractivity contribution in [1.29, 1.82) is 0 Å². The second kappa shape index (κ2) is 10.5. The van der Waals surface area contributed by atoms with Gasteiger partial charge in [0.1, 0.15) is 0 Å². The van der Waals surface area contributed by atoms with Crippen molar-refractivity contribution in [3.8, 4) is 0 Å². The van der Waals surface area contributed by atoms with E-state index in [2.05, 4.69) is 15.4 Å². The highest BCUT2D eigenvalue weighted by molar-refractivity contribution is 7.89. The fourth-order valence-corrected chi connectivity index (χ4v) is 4.39. The third-order valence-corrected chi connectivity index (χ3v) is 6.49. The zero-order chi connectivity index (χ0) is 22.3. The minimum Gasteiger partial charge on any atom is -0.352 e. The normalized spacial score (nSPS) is 13.6. The molecule has 3 rings (SSSR count). The van der Waals surface area contributed by atoms with Gasteiger partial charge in [0, 0.05) is 31.1 Å². The van der Waals surface area contributed by atoms with E-state index in [9.17, 15) is 18.0 Å². The Morgan fingerprint density at radius 2 is 1.71 bits per heavy atom. The van der Waals surface area contributed by atoms with E-state index in [0.717, 1.165) is 36.1 Å². The van der Waals surface area contributed by atoms with Gasteiger partial charge in [-0.15, -0.1) is 0 Å². The quantitative estimate of drug-likeness (QED) is 0.496. The highest BCUT2D eigenvalue weighted by Crippen LogP contribution is 2.22. The monoisotopic (exact) mass is 443 g/mol. The first kappa shape index (κ1) is 23.0. The summed E-state index contributed by atoms with van der Waals surface area (Å²) >= 11 is 0. The smallest absolute Gasteiger partial charge is 0.240 e. The minimum absolute atomic E-state index is 0.0224. The van der Waals surface area contributed by atoms with Gasteiger partial charge in [-0.25, -0.2) is 13.1 Å². The van der Waals surface area contributed by atoms with Gasteiger partial charge in [-0.2, -0.15) is 0 Å². The van der Waals surface area contributed by atoms with Gasteiger partial charge in [0.15, 0.2) is 0 Å². The number of carbonyl (C=O) groups excluding carboxylic acids is 2. The van der Waals surface area contributed by atoms with E-state index in [4.69, 9.17) is 0 Å². The lowest BCUT2D eigenvalue weighted by Crippen LogP contribution is -2.25. The first-order valence-electron chi connectivity index (χ1n) is 10.6. The van der Waals surface area contributed by atoms with Crippen molar-refractivity contribution in [3.63, 3.8) is 0 Å². The van der Waals surface area contributed by atoms with Crippen LogP contribution < -0.4 is 15.4 Å². The minimum atomic E-state index is -3.45. The third-order valence-electron chi connectivity index (χ3n) is 4.95. The van der Waals surface area contributed by atoms with Gasteiger partial charge < -0.3 is 10.6 Å². The lowest BCUT2D eigenvalue weighted by Gasteiger charge is -2.09. The molecule has 2 aromatic carbocycles. The Labute approximate surface area is 183 Å². The zero-order valence-electron chi connectivity index (χ0n) is 17.7. The second-order valence-corrected chi connectivity index (χ2v) is 9.53. The summed E-state index contributed by atoms with van der Waals surface area (Å²) in [5.41, 5.74) is 2.53. The molecule has 31 heavy (non-hydrogen) atoms. The van der Waals surface area contributed by atoms with Gasteiger partial charge >= 0.3 is 0 Å². The largest absolute Gasteiger partial charge is 0.352 e. The van der Waals surface area contributed by atoms with Crippen LogP contribution in [0.1, 0.15) is 50.2 Å². The summed E-state index contributed by atoms with van der Waals surface area (Å²) in [6.07, 6.45) is 3.88. The molecular formula is C23H29N3O4S. The average molecular weight is 444 g/mol. The van der Waals surface area contributed by atoms with E-state index < -0.39 is 10.0 Å². The Morgan fingerprint density at radius 1 is 0.968 bits per heavy atom. The summed E-state index contributed by atoms with van der Waals surface area (Å²) in [5.74, 6) is -0.113. The highest BCUT2D eigenvalue weighted by Gasteiger charge is 2.27. The number of hydrogen-bond acceptors (Lipinski definition) is 4. The first-order valence-corrected chi connectivity index (χ1v) is 12.1. The molecule has 1 fully saturated rings. The molecule has 166 valence electrons. The number of amides is 2. The number of aryl methyl sites for hydroxylation is 1. The number of anilines is 1. The van der Waals surface area contributed by atoms with Crippen LogP contribution in [0.25, 0.3) is 0 Å². The van der Waals surface area contributed by atoms with Crippen molar-refractivity contribution >= 4 is 27.5 Å². The number of carbonyl (C=O) groups is 2. The van der Waals surface area contributed by atoms with Crippen LogP contribution >= 0.6 is 0 Å². The Balaban J connectivity index is 1.44. The molecule has 1 saturated carbocycles. The van der Waals surface area contributed by atoms with Crippen LogP contribution in [-0.4, -0.2) is 26.3 Å². The molecule has 2 aromatic rings. The lowest BCUT2D eigenvalue weighted by molar-refractivity contribution is -0.121. The van der Waals surface area contributed by atoms with Crippen molar-refractivity contribution in [2.24, 2.45) is 0 Å². The van der Waals surface area contributed by atoms with Gasteiger partial charge in [0.25, 0.3) is 0 Å². The van der Waals surface area contributed by atoms with Crippen molar-refractivity contribution < 1.29 is 18.0 Å². The van der Waals surface area contributed by atoms with Crippen LogP contribution in [0.5, 0.6) is 0 Å². The standard InChI is InChI=1S/C23H29N3O4S/c1-2-4-23(28)25-20-6-3-5-18(15-20)16-24-22(27)14-9-17-7-12-21(13-8-17)31(29,30)26-19-10-11-19/h3,5-8,12-13,15,19,26H,2,4,9-11,14,16H2,1H3,(H,24,27)(H,25,28). The summed E-state index contributed by atoms with van der Waals surface area (Å²) in [7, 11) is -3.45. The molecule has 0 saturated heterocycles. The van der Waals surface area contributed by atoms with E-state index >= 15 is 0 Å². The Hall–Kier alpha value is -2.71. The number of nitrogens with one attached hydrogen (secondary N) is 3. The molecule has 0 atom stereocenters. The predicted molar refractivity (Wildman–Crippen MR) is 120 cm³/mol. The Morgan fingerprint density at radius 3 is 2.39 bits per heavy atom. The Bertz CT molecular complexity index is 1020. The topological polar surface area (TPSA) is 104 Å². The lowest BCUT2D eigenvalue weighted by atomic mass is 10.1. The van der Waals surface area contributed by atoms with Gasteiger partial charge in [0.05, 0.1) is 4.90 Å². The molecule has 7 nitrogen and oxygen atoms in total. The molecule has 8 heteroatoms. The SMILES string of the molecule is CCCC(=O)Nc1cccc(CNC(=O)CCc2ccc(S(=O)(=O)NC3CC3)cc2)c1. The van der Waals surface area contributed by atoms with Crippen LogP contribution in [0.3, 0.4) is 0 Å². The van der Waals surface area contributed by atoms with Crippen LogP contribution in [0.2, 0.25) is 0 Å². The molecule has 0 aliphatic heterocycles. The van der Waals surface area contributed by atoms with Crippen LogP contribution in [-0.2, 0) is 32.6 Å². The first-order chi connectivity index (χ1) is 14.9. The summed E-state index contributed by atoms with van der Waals surface area (Å²) in [6, 6.07) is 14.1. The van der Waals surface area contributed by atoms with Gasteiger partial charge in [0.2, 0.25) is 21.8 Å². The highest BCUT2D eigenvalue weighted by atomic mass is 32.2. The molecule has 3 N–H and O–H groups in total. The van der Waals surface area contributed by atoms with Gasteiger partial charge in [-0.3, -0.25) is 9.59 Å². The molecule has 1 aliphatic rings. The zero-order valence-corrected chi connectivity index (χ0v) is 18.5. The van der Waals surface area contributed by atoms with Gasteiger partial charge in [-0.05, 0) is 61.1 Å².